The van der Waals surface area contributed by atoms with Crippen molar-refractivity contribution >= 4 is 26.5 Å². The molecule has 1 atom stereocenters. The van der Waals surface area contributed by atoms with Gasteiger partial charge in [0.2, 0.25) is 0 Å². The van der Waals surface area contributed by atoms with Gasteiger partial charge in [-0.15, -0.1) is 16.4 Å². The zero-order chi connectivity index (χ0) is 23.9. The second-order valence-corrected chi connectivity index (χ2v) is 10.0. The SMILES string of the molecule is O=S(=O)(Nc1nccs1)c1ccc2c(c1)OCC[C@H]2c1ccc(C(F)(F)F)cc1-n1ccnn1. The molecule has 176 valence electrons. The minimum atomic E-state index is -4.52. The van der Waals surface area contributed by atoms with Crippen LogP contribution in [0.5, 0.6) is 5.75 Å². The summed E-state index contributed by atoms with van der Waals surface area (Å²) in [7, 11) is -3.89. The molecular formula is C21H16F3N5O3S2. The van der Waals surface area contributed by atoms with Crippen molar-refractivity contribution in [1.29, 1.82) is 0 Å². The molecule has 2 aromatic heterocycles. The first kappa shape index (κ1) is 22.3. The van der Waals surface area contributed by atoms with Gasteiger partial charge in [0.05, 0.1) is 35.1 Å². The number of halogens is 3. The Kier molecular flexibility index (Phi) is 5.52. The lowest BCUT2D eigenvalue weighted by Crippen LogP contribution is -2.19. The Bertz CT molecular complexity index is 1420. The fraction of sp³-hybridized carbons (Fsp3) is 0.190. The van der Waals surface area contributed by atoms with Crippen molar-refractivity contribution in [2.45, 2.75) is 23.4 Å². The molecule has 0 radical (unpaired) electrons. The molecule has 13 heteroatoms. The van der Waals surface area contributed by atoms with E-state index in [9.17, 15) is 21.6 Å². The molecule has 1 N–H and O–H groups in total. The number of hydrogen-bond acceptors (Lipinski definition) is 7. The van der Waals surface area contributed by atoms with E-state index in [0.717, 1.165) is 23.5 Å². The Labute approximate surface area is 196 Å². The van der Waals surface area contributed by atoms with E-state index in [0.29, 0.717) is 23.3 Å². The minimum Gasteiger partial charge on any atom is -0.493 e. The molecule has 34 heavy (non-hydrogen) atoms. The number of nitrogens with one attached hydrogen (secondary N) is 1. The molecule has 5 rings (SSSR count). The van der Waals surface area contributed by atoms with Gasteiger partial charge in [-0.05, 0) is 30.2 Å². The van der Waals surface area contributed by atoms with Crippen molar-refractivity contribution in [3.8, 4) is 11.4 Å². The van der Waals surface area contributed by atoms with Crippen molar-refractivity contribution in [2.75, 3.05) is 11.3 Å². The largest absolute Gasteiger partial charge is 0.493 e. The third-order valence-corrected chi connectivity index (χ3v) is 7.55. The molecule has 8 nitrogen and oxygen atoms in total. The number of nitrogens with zero attached hydrogens (tertiary/aromatic N) is 4. The third kappa shape index (κ3) is 4.23. The highest BCUT2D eigenvalue weighted by Gasteiger charge is 2.33. The van der Waals surface area contributed by atoms with E-state index in [1.165, 1.54) is 41.5 Å². The highest BCUT2D eigenvalue weighted by atomic mass is 32.2. The van der Waals surface area contributed by atoms with Gasteiger partial charge in [-0.2, -0.15) is 13.2 Å². The first-order valence-corrected chi connectivity index (χ1v) is 12.4. The fourth-order valence-corrected chi connectivity index (χ4v) is 5.66. The molecule has 3 heterocycles. The van der Waals surface area contributed by atoms with Gasteiger partial charge in [0.15, 0.2) is 5.13 Å². The standard InChI is InChI=1S/C21H16F3N5O3S2/c22-21(23,24)13-1-3-16(18(11-13)29-8-6-26-28-29)15-5-9-32-19-12-14(2-4-17(15)19)34(30,31)27-20-25-7-10-33-20/h1-4,6-8,10-12,15H,5,9H2,(H,25,27)/t15-/m0/s1. The van der Waals surface area contributed by atoms with Crippen molar-refractivity contribution in [3.05, 3.63) is 77.1 Å². The lowest BCUT2D eigenvalue weighted by molar-refractivity contribution is -0.137. The first-order chi connectivity index (χ1) is 16.2. The normalized spacial score (nSPS) is 16.0. The monoisotopic (exact) mass is 507 g/mol. The van der Waals surface area contributed by atoms with Crippen LogP contribution in [-0.2, 0) is 16.2 Å². The molecule has 0 bridgehead atoms. The quantitative estimate of drug-likeness (QED) is 0.428. The van der Waals surface area contributed by atoms with Crippen LogP contribution < -0.4 is 9.46 Å². The van der Waals surface area contributed by atoms with Crippen LogP contribution in [0, 0.1) is 0 Å². The Morgan fingerprint density at radius 1 is 1.12 bits per heavy atom. The number of aromatic nitrogens is 4. The van der Waals surface area contributed by atoms with E-state index in [1.807, 2.05) is 0 Å². The average molecular weight is 508 g/mol. The number of thiazole rings is 1. The summed E-state index contributed by atoms with van der Waals surface area (Å²) in [6.45, 7) is 0.263. The van der Waals surface area contributed by atoms with Gasteiger partial charge in [0.25, 0.3) is 10.0 Å². The van der Waals surface area contributed by atoms with Gasteiger partial charge in [-0.3, -0.25) is 4.72 Å². The van der Waals surface area contributed by atoms with Crippen molar-refractivity contribution < 1.29 is 26.3 Å². The predicted octanol–water partition coefficient (Wildman–Crippen LogP) is 4.46. The highest BCUT2D eigenvalue weighted by molar-refractivity contribution is 7.93. The summed E-state index contributed by atoms with van der Waals surface area (Å²) in [4.78, 5) is 3.92. The smallest absolute Gasteiger partial charge is 0.416 e. The number of benzene rings is 2. The molecule has 0 unspecified atom stereocenters. The molecule has 2 aromatic carbocycles. The fourth-order valence-electron chi connectivity index (χ4n) is 3.86. The zero-order valence-electron chi connectivity index (χ0n) is 17.2. The molecular weight excluding hydrogens is 491 g/mol. The topological polar surface area (TPSA) is 99.0 Å². The molecule has 0 fully saturated rings. The Balaban J connectivity index is 1.55. The maximum Gasteiger partial charge on any atom is 0.416 e. The van der Waals surface area contributed by atoms with Crippen LogP contribution >= 0.6 is 11.3 Å². The van der Waals surface area contributed by atoms with Crippen molar-refractivity contribution in [2.24, 2.45) is 0 Å². The van der Waals surface area contributed by atoms with E-state index in [-0.39, 0.29) is 28.2 Å². The predicted molar refractivity (Wildman–Crippen MR) is 118 cm³/mol. The Morgan fingerprint density at radius 2 is 1.94 bits per heavy atom. The Hall–Kier alpha value is -3.45. The molecule has 0 saturated heterocycles. The van der Waals surface area contributed by atoms with Crippen LogP contribution in [0.4, 0.5) is 18.3 Å². The van der Waals surface area contributed by atoms with E-state index in [2.05, 4.69) is 20.0 Å². The van der Waals surface area contributed by atoms with Gasteiger partial charge in [0, 0.05) is 29.1 Å². The number of anilines is 1. The summed E-state index contributed by atoms with van der Waals surface area (Å²) in [5, 5.41) is 9.48. The van der Waals surface area contributed by atoms with E-state index >= 15 is 0 Å². The summed E-state index contributed by atoms with van der Waals surface area (Å²) in [6.07, 6.45) is 0.312. The van der Waals surface area contributed by atoms with Gasteiger partial charge in [-0.1, -0.05) is 17.3 Å². The minimum absolute atomic E-state index is 0.00832. The summed E-state index contributed by atoms with van der Waals surface area (Å²) in [6, 6.07) is 7.97. The molecule has 0 aliphatic carbocycles. The van der Waals surface area contributed by atoms with Crippen LogP contribution in [0.1, 0.15) is 29.0 Å². The third-order valence-electron chi connectivity index (χ3n) is 5.39. The van der Waals surface area contributed by atoms with Gasteiger partial charge in [-0.25, -0.2) is 18.1 Å². The van der Waals surface area contributed by atoms with E-state index in [1.54, 1.807) is 11.4 Å². The molecule has 0 amide bonds. The number of sulfonamides is 1. The number of hydrogen-bond donors (Lipinski definition) is 1. The summed E-state index contributed by atoms with van der Waals surface area (Å²) >= 11 is 1.15. The summed E-state index contributed by atoms with van der Waals surface area (Å²) in [5.41, 5.74) is 0.705. The number of alkyl halides is 3. The lowest BCUT2D eigenvalue weighted by Gasteiger charge is -2.28. The molecule has 0 saturated carbocycles. The maximum atomic E-state index is 13.4. The zero-order valence-corrected chi connectivity index (χ0v) is 18.9. The van der Waals surface area contributed by atoms with E-state index < -0.39 is 21.8 Å². The molecule has 0 spiro atoms. The van der Waals surface area contributed by atoms with Crippen LogP contribution in [0.25, 0.3) is 5.69 Å². The molecule has 4 aromatic rings. The van der Waals surface area contributed by atoms with E-state index in [4.69, 9.17) is 4.74 Å². The van der Waals surface area contributed by atoms with Crippen molar-refractivity contribution in [1.82, 2.24) is 20.0 Å². The lowest BCUT2D eigenvalue weighted by atomic mass is 9.85. The van der Waals surface area contributed by atoms with Gasteiger partial charge >= 0.3 is 6.18 Å². The van der Waals surface area contributed by atoms with Gasteiger partial charge < -0.3 is 4.74 Å². The van der Waals surface area contributed by atoms with Crippen LogP contribution in [0.3, 0.4) is 0 Å². The molecule has 1 aliphatic rings. The average Bonchev–Trinajstić information content (AvgIpc) is 3.51. The second kappa shape index (κ2) is 8.40. The van der Waals surface area contributed by atoms with Gasteiger partial charge in [0.1, 0.15) is 5.75 Å². The second-order valence-electron chi connectivity index (χ2n) is 7.45. The number of rotatable bonds is 5. The summed E-state index contributed by atoms with van der Waals surface area (Å²) < 4.78 is 75.1. The van der Waals surface area contributed by atoms with Crippen molar-refractivity contribution in [3.63, 3.8) is 0 Å². The van der Waals surface area contributed by atoms with Crippen LogP contribution in [-0.4, -0.2) is 35.0 Å². The first-order valence-electron chi connectivity index (χ1n) is 9.99. The van der Waals surface area contributed by atoms with Crippen LogP contribution in [0.15, 0.2) is 65.3 Å². The molecule has 1 aliphatic heterocycles. The maximum absolute atomic E-state index is 13.4. The summed E-state index contributed by atoms with van der Waals surface area (Å²) in [5.74, 6) is 0.0108. The Morgan fingerprint density at radius 3 is 2.65 bits per heavy atom. The highest BCUT2D eigenvalue weighted by Crippen LogP contribution is 2.42. The number of fused-ring (bicyclic) bond motifs is 1. The number of ether oxygens (including phenoxy) is 1. The van der Waals surface area contributed by atoms with Crippen LogP contribution in [0.2, 0.25) is 0 Å².